The van der Waals surface area contributed by atoms with E-state index in [1.54, 1.807) is 11.0 Å². The lowest BCUT2D eigenvalue weighted by molar-refractivity contribution is 0.0983. The van der Waals surface area contributed by atoms with Crippen LogP contribution in [0.4, 0.5) is 5.13 Å². The monoisotopic (exact) mass is 427 g/mol. The van der Waals surface area contributed by atoms with Gasteiger partial charge in [-0.25, -0.2) is 4.98 Å². The minimum Gasteiger partial charge on any atom is -0.466 e. The predicted molar refractivity (Wildman–Crippen MR) is 115 cm³/mol. The number of likely N-dealkylation sites (N-methyl/N-ethyl adjacent to an activating group) is 1. The molecule has 27 heavy (non-hydrogen) atoms. The van der Waals surface area contributed by atoms with Crippen molar-refractivity contribution in [3.63, 3.8) is 0 Å². The number of rotatable bonds is 5. The van der Waals surface area contributed by atoms with Gasteiger partial charge in [-0.05, 0) is 52.6 Å². The fraction of sp³-hybridized carbons (Fsp3) is 0.368. The molecule has 0 saturated carbocycles. The molecule has 3 rings (SSSR count). The van der Waals surface area contributed by atoms with Gasteiger partial charge in [-0.1, -0.05) is 29.0 Å². The number of fused-ring (bicyclic) bond motifs is 1. The first kappa shape index (κ1) is 21.7. The van der Waals surface area contributed by atoms with E-state index in [0.717, 1.165) is 28.1 Å². The normalized spacial score (nSPS) is 11.1. The summed E-state index contributed by atoms with van der Waals surface area (Å²) in [6.07, 6.45) is 0. The highest BCUT2D eigenvalue weighted by Crippen LogP contribution is 2.36. The van der Waals surface area contributed by atoms with Gasteiger partial charge in [-0.2, -0.15) is 0 Å². The van der Waals surface area contributed by atoms with Crippen LogP contribution in [0.5, 0.6) is 0 Å². The van der Waals surface area contributed by atoms with Gasteiger partial charge < -0.3 is 9.32 Å². The van der Waals surface area contributed by atoms with Crippen LogP contribution in [-0.2, 0) is 0 Å². The van der Waals surface area contributed by atoms with Crippen molar-refractivity contribution in [2.75, 3.05) is 32.1 Å². The van der Waals surface area contributed by atoms with E-state index in [1.807, 2.05) is 51.9 Å². The Morgan fingerprint density at radius 2 is 1.93 bits per heavy atom. The molecule has 0 aliphatic rings. The average molecular weight is 428 g/mol. The molecular formula is C19H23Cl2N3O2S. The molecule has 1 aromatic carbocycles. The van der Waals surface area contributed by atoms with E-state index in [4.69, 9.17) is 21.0 Å². The Morgan fingerprint density at radius 3 is 2.48 bits per heavy atom. The first-order valence-corrected chi connectivity index (χ1v) is 9.56. The maximum Gasteiger partial charge on any atom is 0.263 e. The van der Waals surface area contributed by atoms with E-state index in [-0.39, 0.29) is 18.3 Å². The number of benzene rings is 1. The molecule has 0 radical (unpaired) electrons. The summed E-state index contributed by atoms with van der Waals surface area (Å²) < 4.78 is 6.46. The van der Waals surface area contributed by atoms with Crippen molar-refractivity contribution in [2.24, 2.45) is 0 Å². The van der Waals surface area contributed by atoms with E-state index in [1.165, 1.54) is 11.3 Å². The average Bonchev–Trinajstić information content (AvgIpc) is 3.15. The molecule has 2 heterocycles. The number of aromatic nitrogens is 1. The SMILES string of the molecule is Cc1cc(C(=O)N(CCN(C)C)c2nc3c(C)ccc(Cl)c3s2)c(C)o1.Cl. The Kier molecular flexibility index (Phi) is 6.92. The van der Waals surface area contributed by atoms with Gasteiger partial charge in [0.1, 0.15) is 11.5 Å². The van der Waals surface area contributed by atoms with Gasteiger partial charge in [0, 0.05) is 13.1 Å². The zero-order chi connectivity index (χ0) is 19.0. The van der Waals surface area contributed by atoms with E-state index >= 15 is 0 Å². The molecule has 146 valence electrons. The number of aryl methyl sites for hydroxylation is 3. The second-order valence-corrected chi connectivity index (χ2v) is 8.01. The smallest absolute Gasteiger partial charge is 0.263 e. The van der Waals surface area contributed by atoms with Crippen LogP contribution in [0.25, 0.3) is 10.2 Å². The molecule has 1 amide bonds. The van der Waals surface area contributed by atoms with Crippen LogP contribution in [-0.4, -0.2) is 43.0 Å². The Hall–Kier alpha value is -1.60. The Balaban J connectivity index is 0.00000261. The molecule has 8 heteroatoms. The van der Waals surface area contributed by atoms with Gasteiger partial charge in [-0.3, -0.25) is 9.69 Å². The fourth-order valence-electron chi connectivity index (χ4n) is 2.78. The molecule has 5 nitrogen and oxygen atoms in total. The molecule has 0 N–H and O–H groups in total. The van der Waals surface area contributed by atoms with Crippen molar-refractivity contribution in [3.05, 3.63) is 45.9 Å². The Bertz CT molecular complexity index is 926. The number of nitrogens with zero attached hydrogens (tertiary/aromatic N) is 3. The molecule has 0 aliphatic carbocycles. The van der Waals surface area contributed by atoms with Crippen molar-refractivity contribution >= 4 is 56.6 Å². The van der Waals surface area contributed by atoms with E-state index in [2.05, 4.69) is 0 Å². The van der Waals surface area contributed by atoms with Gasteiger partial charge in [-0.15, -0.1) is 12.4 Å². The summed E-state index contributed by atoms with van der Waals surface area (Å²) in [5, 5.41) is 1.31. The van der Waals surface area contributed by atoms with Crippen LogP contribution in [0.2, 0.25) is 5.02 Å². The van der Waals surface area contributed by atoms with Gasteiger partial charge in [0.25, 0.3) is 5.91 Å². The summed E-state index contributed by atoms with van der Waals surface area (Å²) in [4.78, 5) is 21.7. The lowest BCUT2D eigenvalue weighted by Gasteiger charge is -2.21. The summed E-state index contributed by atoms with van der Waals surface area (Å²) in [6.45, 7) is 6.91. The second kappa shape index (κ2) is 8.61. The number of thiazole rings is 1. The second-order valence-electron chi connectivity index (χ2n) is 6.63. The highest BCUT2D eigenvalue weighted by atomic mass is 35.5. The molecular weight excluding hydrogens is 405 g/mol. The lowest BCUT2D eigenvalue weighted by atomic mass is 10.2. The Morgan fingerprint density at radius 1 is 1.22 bits per heavy atom. The number of anilines is 1. The fourth-order valence-corrected chi connectivity index (χ4v) is 4.12. The quantitative estimate of drug-likeness (QED) is 0.568. The van der Waals surface area contributed by atoms with E-state index < -0.39 is 0 Å². The van der Waals surface area contributed by atoms with E-state index in [0.29, 0.717) is 28.0 Å². The Labute approximate surface area is 174 Å². The molecule has 0 saturated heterocycles. The van der Waals surface area contributed by atoms with Crippen molar-refractivity contribution in [1.29, 1.82) is 0 Å². The van der Waals surface area contributed by atoms with Crippen molar-refractivity contribution in [1.82, 2.24) is 9.88 Å². The van der Waals surface area contributed by atoms with Crippen LogP contribution in [0.1, 0.15) is 27.4 Å². The molecule has 3 aromatic rings. The number of carbonyl (C=O) groups is 1. The summed E-state index contributed by atoms with van der Waals surface area (Å²) >= 11 is 7.79. The molecule has 2 aromatic heterocycles. The minimum atomic E-state index is -0.103. The van der Waals surface area contributed by atoms with Crippen LogP contribution >= 0.6 is 35.3 Å². The molecule has 0 spiro atoms. The van der Waals surface area contributed by atoms with Crippen molar-refractivity contribution in [3.8, 4) is 0 Å². The zero-order valence-electron chi connectivity index (χ0n) is 16.0. The zero-order valence-corrected chi connectivity index (χ0v) is 18.4. The first-order chi connectivity index (χ1) is 12.3. The summed E-state index contributed by atoms with van der Waals surface area (Å²) in [5.41, 5.74) is 2.46. The topological polar surface area (TPSA) is 49.6 Å². The van der Waals surface area contributed by atoms with Gasteiger partial charge in [0.15, 0.2) is 5.13 Å². The third kappa shape index (κ3) is 4.46. The number of amides is 1. The summed E-state index contributed by atoms with van der Waals surface area (Å²) in [6, 6.07) is 5.60. The van der Waals surface area contributed by atoms with Crippen LogP contribution in [0.15, 0.2) is 22.6 Å². The highest BCUT2D eigenvalue weighted by molar-refractivity contribution is 7.23. The molecule has 0 unspecified atom stereocenters. The van der Waals surface area contributed by atoms with Crippen molar-refractivity contribution in [2.45, 2.75) is 20.8 Å². The standard InChI is InChI=1S/C19H22ClN3O2S.ClH/c1-11-6-7-15(20)17-16(11)21-19(26-17)23(9-8-22(4)5)18(24)14-10-12(2)25-13(14)3;/h6-7,10H,8-9H2,1-5H3;1H. The number of hydrogen-bond donors (Lipinski definition) is 0. The summed E-state index contributed by atoms with van der Waals surface area (Å²) in [7, 11) is 3.96. The van der Waals surface area contributed by atoms with Gasteiger partial charge in [0.05, 0.1) is 20.8 Å². The number of halogens is 2. The van der Waals surface area contributed by atoms with Crippen LogP contribution < -0.4 is 4.90 Å². The van der Waals surface area contributed by atoms with E-state index in [9.17, 15) is 4.79 Å². The number of furan rings is 1. The largest absolute Gasteiger partial charge is 0.466 e. The summed E-state index contributed by atoms with van der Waals surface area (Å²) in [5.74, 6) is 1.24. The first-order valence-electron chi connectivity index (χ1n) is 8.37. The molecule has 0 fully saturated rings. The maximum atomic E-state index is 13.2. The lowest BCUT2D eigenvalue weighted by Crippen LogP contribution is -2.36. The number of carbonyl (C=O) groups excluding carboxylic acids is 1. The minimum absolute atomic E-state index is 0. The third-order valence-electron chi connectivity index (χ3n) is 4.20. The van der Waals surface area contributed by atoms with Crippen molar-refractivity contribution < 1.29 is 9.21 Å². The highest BCUT2D eigenvalue weighted by Gasteiger charge is 2.25. The third-order valence-corrected chi connectivity index (χ3v) is 5.74. The molecule has 0 atom stereocenters. The van der Waals surface area contributed by atoms with Gasteiger partial charge in [0.2, 0.25) is 0 Å². The molecule has 0 bridgehead atoms. The number of hydrogen-bond acceptors (Lipinski definition) is 5. The maximum absolute atomic E-state index is 13.2. The van der Waals surface area contributed by atoms with Crippen LogP contribution in [0, 0.1) is 20.8 Å². The molecule has 0 aliphatic heterocycles. The predicted octanol–water partition coefficient (Wildman–Crippen LogP) is 5.10. The van der Waals surface area contributed by atoms with Crippen LogP contribution in [0.3, 0.4) is 0 Å². The van der Waals surface area contributed by atoms with Gasteiger partial charge >= 0.3 is 0 Å².